The Bertz CT molecular complexity index is 540. The molecule has 1 aromatic rings. The Morgan fingerprint density at radius 2 is 2.00 bits per heavy atom. The van der Waals surface area contributed by atoms with Crippen molar-refractivity contribution in [3.63, 3.8) is 0 Å². The lowest BCUT2D eigenvalue weighted by Gasteiger charge is -2.34. The molecule has 2 N–H and O–H groups in total. The van der Waals surface area contributed by atoms with Gasteiger partial charge >= 0.3 is 0 Å². The van der Waals surface area contributed by atoms with E-state index < -0.39 is 0 Å². The highest BCUT2D eigenvalue weighted by Crippen LogP contribution is 2.39. The number of fused-ring (bicyclic) bond motifs is 1. The summed E-state index contributed by atoms with van der Waals surface area (Å²) in [6.45, 7) is 1.42. The van der Waals surface area contributed by atoms with Gasteiger partial charge in [0.15, 0.2) is 17.6 Å². The van der Waals surface area contributed by atoms with Crippen molar-refractivity contribution in [1.82, 2.24) is 4.90 Å². The lowest BCUT2D eigenvalue weighted by atomic mass is 9.84. The molecule has 0 bridgehead atoms. The van der Waals surface area contributed by atoms with Gasteiger partial charge in [0.2, 0.25) is 5.91 Å². The van der Waals surface area contributed by atoms with Gasteiger partial charge < -0.3 is 20.1 Å². The predicted molar refractivity (Wildman–Crippen MR) is 83.9 cm³/mol. The number of carbonyl (C=O) groups excluding carboxylic acids is 1. The van der Waals surface area contributed by atoms with Crippen molar-refractivity contribution in [2.45, 2.75) is 31.8 Å². The fourth-order valence-electron chi connectivity index (χ4n) is 3.50. The van der Waals surface area contributed by atoms with Crippen LogP contribution in [-0.4, -0.2) is 43.7 Å². The SMILES string of the molecule is CN(CC1COc2ccccc2O1)C(=O)C1(CN)CCCC1. The lowest BCUT2D eigenvalue weighted by Crippen LogP contribution is -2.49. The zero-order valence-corrected chi connectivity index (χ0v) is 13.1. The summed E-state index contributed by atoms with van der Waals surface area (Å²) in [5.74, 6) is 1.66. The van der Waals surface area contributed by atoms with Crippen LogP contribution in [0.1, 0.15) is 25.7 Å². The van der Waals surface area contributed by atoms with Crippen LogP contribution in [0.2, 0.25) is 0 Å². The van der Waals surface area contributed by atoms with Crippen LogP contribution in [0.3, 0.4) is 0 Å². The maximum absolute atomic E-state index is 12.8. The second-order valence-corrected chi connectivity index (χ2v) is 6.37. The molecule has 120 valence electrons. The predicted octanol–water partition coefficient (Wildman–Crippen LogP) is 1.80. The molecule has 5 nitrogen and oxygen atoms in total. The molecule has 1 heterocycles. The number of benzene rings is 1. The highest BCUT2D eigenvalue weighted by molar-refractivity contribution is 5.83. The summed E-state index contributed by atoms with van der Waals surface area (Å²) in [6.07, 6.45) is 3.84. The lowest BCUT2D eigenvalue weighted by molar-refractivity contribution is -0.141. The van der Waals surface area contributed by atoms with Crippen LogP contribution in [0.4, 0.5) is 0 Å². The first kappa shape index (κ1) is 15.2. The van der Waals surface area contributed by atoms with Gasteiger partial charge in [0.25, 0.3) is 0 Å². The van der Waals surface area contributed by atoms with Crippen molar-refractivity contribution in [2.24, 2.45) is 11.1 Å². The zero-order valence-electron chi connectivity index (χ0n) is 13.1. The third-order valence-electron chi connectivity index (χ3n) is 4.80. The molecule has 1 unspecified atom stereocenters. The number of nitrogens with zero attached hydrogens (tertiary/aromatic N) is 1. The molecule has 1 fully saturated rings. The largest absolute Gasteiger partial charge is 0.486 e. The molecule has 1 atom stereocenters. The molecule has 5 heteroatoms. The molecule has 0 radical (unpaired) electrons. The van der Waals surface area contributed by atoms with Gasteiger partial charge in [0.05, 0.1) is 12.0 Å². The maximum atomic E-state index is 12.8. The molecule has 0 aromatic heterocycles. The summed E-state index contributed by atoms with van der Waals surface area (Å²) in [6, 6.07) is 7.62. The van der Waals surface area contributed by atoms with Crippen LogP contribution in [0.15, 0.2) is 24.3 Å². The van der Waals surface area contributed by atoms with E-state index in [2.05, 4.69) is 0 Å². The van der Waals surface area contributed by atoms with E-state index in [1.54, 1.807) is 4.90 Å². The van der Waals surface area contributed by atoms with Crippen LogP contribution in [0.5, 0.6) is 11.5 Å². The number of carbonyl (C=O) groups is 1. The van der Waals surface area contributed by atoms with Gasteiger partial charge in [-0.25, -0.2) is 0 Å². The summed E-state index contributed by atoms with van der Waals surface area (Å²) in [5.41, 5.74) is 5.54. The molecular formula is C17H24N2O3. The van der Waals surface area contributed by atoms with E-state index in [1.807, 2.05) is 31.3 Å². The molecule has 2 aliphatic rings. The molecule has 3 rings (SSSR count). The van der Waals surface area contributed by atoms with Crippen LogP contribution in [0.25, 0.3) is 0 Å². The van der Waals surface area contributed by atoms with Crippen LogP contribution in [0, 0.1) is 5.41 Å². The molecule has 22 heavy (non-hydrogen) atoms. The van der Waals surface area contributed by atoms with Gasteiger partial charge in [-0.1, -0.05) is 25.0 Å². The van der Waals surface area contributed by atoms with Gasteiger partial charge in [-0.15, -0.1) is 0 Å². The topological polar surface area (TPSA) is 64.8 Å². The van der Waals surface area contributed by atoms with E-state index in [0.717, 1.165) is 37.2 Å². The molecule has 1 amide bonds. The summed E-state index contributed by atoms with van der Waals surface area (Å²) in [7, 11) is 1.84. The minimum absolute atomic E-state index is 0.139. The Hall–Kier alpha value is -1.75. The van der Waals surface area contributed by atoms with Crippen LogP contribution < -0.4 is 15.2 Å². The van der Waals surface area contributed by atoms with Gasteiger partial charge in [-0.3, -0.25) is 4.79 Å². The van der Waals surface area contributed by atoms with Crippen LogP contribution in [-0.2, 0) is 4.79 Å². The Morgan fingerprint density at radius 1 is 1.32 bits per heavy atom. The first-order valence-corrected chi connectivity index (χ1v) is 7.99. The third-order valence-corrected chi connectivity index (χ3v) is 4.80. The summed E-state index contributed by atoms with van der Waals surface area (Å²) in [4.78, 5) is 14.5. The van der Waals surface area contributed by atoms with E-state index in [0.29, 0.717) is 19.7 Å². The maximum Gasteiger partial charge on any atom is 0.229 e. The van der Waals surface area contributed by atoms with E-state index in [-0.39, 0.29) is 17.4 Å². The average Bonchev–Trinajstić information content (AvgIpc) is 3.04. The Balaban J connectivity index is 1.63. The van der Waals surface area contributed by atoms with Crippen molar-refractivity contribution >= 4 is 5.91 Å². The Morgan fingerprint density at radius 3 is 2.68 bits per heavy atom. The monoisotopic (exact) mass is 304 g/mol. The van der Waals surface area contributed by atoms with E-state index in [9.17, 15) is 4.79 Å². The number of rotatable bonds is 4. The number of hydrogen-bond acceptors (Lipinski definition) is 4. The molecule has 0 saturated heterocycles. The molecule has 0 spiro atoms. The van der Waals surface area contributed by atoms with Crippen LogP contribution >= 0.6 is 0 Å². The number of hydrogen-bond donors (Lipinski definition) is 1. The fraction of sp³-hybridized carbons (Fsp3) is 0.588. The standard InChI is InChI=1S/C17H24N2O3/c1-19(16(20)17(12-18)8-4-5-9-17)10-13-11-21-14-6-2-3-7-15(14)22-13/h2-3,6-7,13H,4-5,8-12,18H2,1H3. The highest BCUT2D eigenvalue weighted by atomic mass is 16.6. The molecule has 1 aromatic carbocycles. The van der Waals surface area contributed by atoms with Gasteiger partial charge in [0.1, 0.15) is 6.61 Å². The summed E-state index contributed by atoms with van der Waals surface area (Å²) in [5, 5.41) is 0. The molecular weight excluding hydrogens is 280 g/mol. The van der Waals surface area contributed by atoms with Crippen molar-refractivity contribution in [3.8, 4) is 11.5 Å². The van der Waals surface area contributed by atoms with E-state index in [4.69, 9.17) is 15.2 Å². The second kappa shape index (κ2) is 6.16. The molecule has 1 saturated carbocycles. The first-order valence-electron chi connectivity index (χ1n) is 7.99. The second-order valence-electron chi connectivity index (χ2n) is 6.37. The number of para-hydroxylation sites is 2. The smallest absolute Gasteiger partial charge is 0.229 e. The minimum atomic E-state index is -0.359. The average molecular weight is 304 g/mol. The number of amides is 1. The van der Waals surface area contributed by atoms with Gasteiger partial charge in [-0.2, -0.15) is 0 Å². The first-order chi connectivity index (χ1) is 10.6. The highest BCUT2D eigenvalue weighted by Gasteiger charge is 2.42. The quantitative estimate of drug-likeness (QED) is 0.921. The van der Waals surface area contributed by atoms with Crippen molar-refractivity contribution in [1.29, 1.82) is 0 Å². The van der Waals surface area contributed by atoms with Crippen molar-refractivity contribution in [2.75, 3.05) is 26.7 Å². The number of likely N-dealkylation sites (N-methyl/N-ethyl adjacent to an activating group) is 1. The number of nitrogens with two attached hydrogens (primary N) is 1. The summed E-state index contributed by atoms with van der Waals surface area (Å²) < 4.78 is 11.6. The van der Waals surface area contributed by atoms with E-state index >= 15 is 0 Å². The number of ether oxygens (including phenoxy) is 2. The fourth-order valence-corrected chi connectivity index (χ4v) is 3.50. The normalized spacial score (nSPS) is 22.4. The molecule has 1 aliphatic carbocycles. The van der Waals surface area contributed by atoms with Crippen molar-refractivity contribution < 1.29 is 14.3 Å². The van der Waals surface area contributed by atoms with E-state index in [1.165, 1.54) is 0 Å². The Labute approximate surface area is 131 Å². The molecule has 1 aliphatic heterocycles. The third kappa shape index (κ3) is 2.77. The summed E-state index contributed by atoms with van der Waals surface area (Å²) >= 11 is 0. The zero-order chi connectivity index (χ0) is 15.6. The minimum Gasteiger partial charge on any atom is -0.486 e. The van der Waals surface area contributed by atoms with Gasteiger partial charge in [-0.05, 0) is 25.0 Å². The Kier molecular flexibility index (Phi) is 4.25. The van der Waals surface area contributed by atoms with Crippen molar-refractivity contribution in [3.05, 3.63) is 24.3 Å². The van der Waals surface area contributed by atoms with Gasteiger partial charge in [0, 0.05) is 13.6 Å².